The highest BCUT2D eigenvalue weighted by molar-refractivity contribution is 7.91. The van der Waals surface area contributed by atoms with Crippen molar-refractivity contribution in [2.24, 2.45) is 0 Å². The number of sulfone groups is 1. The quantitative estimate of drug-likeness (QED) is 0.769. The summed E-state index contributed by atoms with van der Waals surface area (Å²) in [7, 11) is -3.60. The van der Waals surface area contributed by atoms with Crippen LogP contribution in [0.5, 0.6) is 11.5 Å². The predicted molar refractivity (Wildman–Crippen MR) is 95.3 cm³/mol. The van der Waals surface area contributed by atoms with E-state index in [-0.39, 0.29) is 23.0 Å². The zero-order valence-corrected chi connectivity index (χ0v) is 15.4. The average Bonchev–Trinajstić information content (AvgIpc) is 2.71. The van der Waals surface area contributed by atoms with Crippen LogP contribution in [0.3, 0.4) is 0 Å². The van der Waals surface area contributed by atoms with Crippen molar-refractivity contribution in [1.82, 2.24) is 14.9 Å². The molecule has 27 heavy (non-hydrogen) atoms. The van der Waals surface area contributed by atoms with E-state index in [0.717, 1.165) is 11.3 Å². The van der Waals surface area contributed by atoms with Crippen LogP contribution in [0.4, 0.5) is 0 Å². The lowest BCUT2D eigenvalue weighted by Crippen LogP contribution is -2.37. The maximum absolute atomic E-state index is 12.6. The zero-order valence-electron chi connectivity index (χ0n) is 14.6. The molecule has 0 fully saturated rings. The zero-order chi connectivity index (χ0) is 18.9. The van der Waals surface area contributed by atoms with Crippen molar-refractivity contribution in [2.75, 3.05) is 25.5 Å². The fraction of sp³-hybridized carbons (Fsp3) is 0.389. The molecule has 0 radical (unpaired) electrons. The molecule has 0 atom stereocenters. The number of nitrogens with zero attached hydrogens (tertiary/aromatic N) is 3. The van der Waals surface area contributed by atoms with Gasteiger partial charge in [-0.3, -0.25) is 4.79 Å². The fourth-order valence-electron chi connectivity index (χ4n) is 3.18. The summed E-state index contributed by atoms with van der Waals surface area (Å²) in [4.78, 5) is 22.5. The summed E-state index contributed by atoms with van der Waals surface area (Å²) in [6.45, 7) is 1.76. The molecule has 8 nitrogen and oxygen atoms in total. The number of aromatic nitrogens is 2. The predicted octanol–water partition coefficient (Wildman–Crippen LogP) is 0.996. The SMILES string of the molecule is O=C(CCS(=O)(=O)c1ccc2c(c1)OCCO2)N1CCc2cncnc2C1. The summed E-state index contributed by atoms with van der Waals surface area (Å²) in [5.74, 6) is 0.505. The number of hydrogen-bond acceptors (Lipinski definition) is 7. The molecule has 0 bridgehead atoms. The highest BCUT2D eigenvalue weighted by atomic mass is 32.2. The Kier molecular flexibility index (Phi) is 4.69. The average molecular weight is 389 g/mol. The van der Waals surface area contributed by atoms with E-state index in [0.29, 0.717) is 44.2 Å². The Balaban J connectivity index is 1.41. The normalized spacial score (nSPS) is 15.9. The Labute approximate surface area is 157 Å². The van der Waals surface area contributed by atoms with Crippen LogP contribution in [0.15, 0.2) is 35.6 Å². The lowest BCUT2D eigenvalue weighted by Gasteiger charge is -2.27. The highest BCUT2D eigenvalue weighted by Crippen LogP contribution is 2.32. The van der Waals surface area contributed by atoms with Gasteiger partial charge >= 0.3 is 0 Å². The van der Waals surface area contributed by atoms with Crippen LogP contribution < -0.4 is 9.47 Å². The molecule has 1 aromatic heterocycles. The highest BCUT2D eigenvalue weighted by Gasteiger charge is 2.25. The number of benzene rings is 1. The van der Waals surface area contributed by atoms with E-state index in [1.165, 1.54) is 18.5 Å². The molecular weight excluding hydrogens is 370 g/mol. The molecule has 0 saturated carbocycles. The number of fused-ring (bicyclic) bond motifs is 2. The summed E-state index contributed by atoms with van der Waals surface area (Å²) in [6, 6.07) is 4.54. The van der Waals surface area contributed by atoms with E-state index in [1.807, 2.05) is 0 Å². The summed E-state index contributed by atoms with van der Waals surface area (Å²) < 4.78 is 36.1. The monoisotopic (exact) mass is 389 g/mol. The first-order chi connectivity index (χ1) is 13.0. The molecule has 0 aliphatic carbocycles. The Hall–Kier alpha value is -2.68. The number of hydrogen-bond donors (Lipinski definition) is 0. The third kappa shape index (κ3) is 3.73. The van der Waals surface area contributed by atoms with Crippen molar-refractivity contribution in [1.29, 1.82) is 0 Å². The van der Waals surface area contributed by atoms with Crippen molar-refractivity contribution >= 4 is 15.7 Å². The molecule has 9 heteroatoms. The van der Waals surface area contributed by atoms with E-state index in [4.69, 9.17) is 9.47 Å². The molecule has 0 unspecified atom stereocenters. The van der Waals surface area contributed by atoms with E-state index in [9.17, 15) is 13.2 Å². The maximum atomic E-state index is 12.6. The van der Waals surface area contributed by atoms with Gasteiger partial charge in [0, 0.05) is 25.2 Å². The van der Waals surface area contributed by atoms with Crippen LogP contribution in [0.25, 0.3) is 0 Å². The third-order valence-corrected chi connectivity index (χ3v) is 6.40. The second-order valence-electron chi connectivity index (χ2n) is 6.43. The van der Waals surface area contributed by atoms with Gasteiger partial charge in [0.2, 0.25) is 5.91 Å². The molecule has 142 valence electrons. The third-order valence-electron chi connectivity index (χ3n) is 4.68. The molecule has 0 spiro atoms. The molecule has 1 aromatic carbocycles. The molecule has 2 aromatic rings. The van der Waals surface area contributed by atoms with E-state index in [2.05, 4.69) is 9.97 Å². The van der Waals surface area contributed by atoms with Crippen molar-refractivity contribution < 1.29 is 22.7 Å². The van der Waals surface area contributed by atoms with Gasteiger partial charge in [-0.2, -0.15) is 0 Å². The van der Waals surface area contributed by atoms with Gasteiger partial charge in [-0.25, -0.2) is 18.4 Å². The van der Waals surface area contributed by atoms with E-state index < -0.39 is 9.84 Å². The second-order valence-corrected chi connectivity index (χ2v) is 8.54. The summed E-state index contributed by atoms with van der Waals surface area (Å²) in [6.07, 6.45) is 3.82. The first kappa shape index (κ1) is 17.7. The van der Waals surface area contributed by atoms with E-state index in [1.54, 1.807) is 17.2 Å². The minimum absolute atomic E-state index is 0.0722. The largest absolute Gasteiger partial charge is 0.486 e. The van der Waals surface area contributed by atoms with Crippen LogP contribution in [0.1, 0.15) is 17.7 Å². The molecular formula is C18H19N3O5S. The van der Waals surface area contributed by atoms with Crippen LogP contribution >= 0.6 is 0 Å². The molecule has 0 N–H and O–H groups in total. The Bertz CT molecular complexity index is 977. The van der Waals surface area contributed by atoms with Crippen molar-refractivity contribution in [2.45, 2.75) is 24.3 Å². The smallest absolute Gasteiger partial charge is 0.223 e. The minimum Gasteiger partial charge on any atom is -0.486 e. The standard InChI is InChI=1S/C18H19N3O5S/c22-18(21-5-3-13-10-19-12-20-15(13)11-21)4-8-27(23,24)14-1-2-16-17(9-14)26-7-6-25-16/h1-2,9-10,12H,3-8,11H2. The Morgan fingerprint density at radius 2 is 2.00 bits per heavy atom. The van der Waals surface area contributed by atoms with Gasteiger partial charge in [0.25, 0.3) is 0 Å². The topological polar surface area (TPSA) is 98.7 Å². The number of amides is 1. The first-order valence-corrected chi connectivity index (χ1v) is 10.4. The van der Waals surface area contributed by atoms with Gasteiger partial charge in [-0.15, -0.1) is 0 Å². The second kappa shape index (κ2) is 7.15. The van der Waals surface area contributed by atoms with Gasteiger partial charge in [-0.05, 0) is 24.1 Å². The maximum Gasteiger partial charge on any atom is 0.223 e. The first-order valence-electron chi connectivity index (χ1n) is 8.71. The number of rotatable bonds is 4. The van der Waals surface area contributed by atoms with Crippen molar-refractivity contribution in [3.05, 3.63) is 42.0 Å². The molecule has 3 heterocycles. The van der Waals surface area contributed by atoms with E-state index >= 15 is 0 Å². The lowest BCUT2D eigenvalue weighted by molar-refractivity contribution is -0.131. The Morgan fingerprint density at radius 1 is 1.19 bits per heavy atom. The summed E-state index contributed by atoms with van der Waals surface area (Å²) in [5.41, 5.74) is 1.85. The molecule has 1 amide bonds. The molecule has 2 aliphatic rings. The van der Waals surface area contributed by atoms with Crippen LogP contribution in [0, 0.1) is 0 Å². The summed E-state index contributed by atoms with van der Waals surface area (Å²) in [5, 5.41) is 0. The minimum atomic E-state index is -3.60. The number of carbonyl (C=O) groups is 1. The lowest BCUT2D eigenvalue weighted by atomic mass is 10.1. The van der Waals surface area contributed by atoms with Gasteiger partial charge in [0.15, 0.2) is 21.3 Å². The van der Waals surface area contributed by atoms with Gasteiger partial charge < -0.3 is 14.4 Å². The van der Waals surface area contributed by atoms with Crippen molar-refractivity contribution in [3.63, 3.8) is 0 Å². The van der Waals surface area contributed by atoms with Crippen LogP contribution in [-0.4, -0.2) is 54.7 Å². The fourth-order valence-corrected chi connectivity index (χ4v) is 4.42. The molecule has 0 saturated heterocycles. The van der Waals surface area contributed by atoms with Crippen LogP contribution in [-0.2, 0) is 27.6 Å². The van der Waals surface area contributed by atoms with Gasteiger partial charge in [-0.1, -0.05) is 0 Å². The Morgan fingerprint density at radius 3 is 2.85 bits per heavy atom. The molecule has 4 rings (SSSR count). The number of carbonyl (C=O) groups excluding carboxylic acids is 1. The van der Waals surface area contributed by atoms with Crippen molar-refractivity contribution in [3.8, 4) is 11.5 Å². The molecule has 2 aliphatic heterocycles. The van der Waals surface area contributed by atoms with Gasteiger partial charge in [0.05, 0.1) is 22.9 Å². The van der Waals surface area contributed by atoms with Crippen LogP contribution in [0.2, 0.25) is 0 Å². The summed E-state index contributed by atoms with van der Waals surface area (Å²) >= 11 is 0. The van der Waals surface area contributed by atoms with Gasteiger partial charge in [0.1, 0.15) is 19.5 Å². The number of ether oxygens (including phenoxy) is 2.